The fourth-order valence-corrected chi connectivity index (χ4v) is 1.12. The number of rotatable bonds is 3. The second-order valence-electron chi connectivity index (χ2n) is 3.77. The van der Waals surface area contributed by atoms with Gasteiger partial charge in [-0.15, -0.1) is 0 Å². The van der Waals surface area contributed by atoms with E-state index in [1.807, 2.05) is 0 Å². The van der Waals surface area contributed by atoms with E-state index in [-0.39, 0.29) is 5.56 Å². The number of alkyl halides is 7. The molecule has 3 nitrogen and oxygen atoms in total. The molecule has 20 heavy (non-hydrogen) atoms. The van der Waals surface area contributed by atoms with Crippen LogP contribution < -0.4 is 5.32 Å². The number of aryl methyl sites for hydroxylation is 1. The quantitative estimate of drug-likeness (QED) is 0.872. The molecule has 0 aliphatic rings. The van der Waals surface area contributed by atoms with Crippen molar-refractivity contribution in [2.24, 2.45) is 0 Å². The SMILES string of the molecule is Cc1cccnc1NC(=O)C(F)(F)C(F)(F)C(F)(F)F. The lowest BCUT2D eigenvalue weighted by atomic mass is 10.1. The lowest BCUT2D eigenvalue weighted by Gasteiger charge is -2.27. The Morgan fingerprint density at radius 1 is 1.15 bits per heavy atom. The minimum absolute atomic E-state index is 0.118. The fraction of sp³-hybridized carbons (Fsp3) is 0.400. The Hall–Kier alpha value is -1.87. The molecule has 0 bridgehead atoms. The molecule has 1 amide bonds. The number of aromatic nitrogens is 1. The maximum atomic E-state index is 13.0. The van der Waals surface area contributed by atoms with Gasteiger partial charge in [-0.3, -0.25) is 4.79 Å². The fourth-order valence-electron chi connectivity index (χ4n) is 1.12. The van der Waals surface area contributed by atoms with Crippen LogP contribution in [0.4, 0.5) is 36.6 Å². The molecular weight excluding hydrogens is 297 g/mol. The topological polar surface area (TPSA) is 42.0 Å². The highest BCUT2D eigenvalue weighted by atomic mass is 19.4. The van der Waals surface area contributed by atoms with Crippen LogP contribution in [0.1, 0.15) is 5.56 Å². The Bertz CT molecular complexity index is 513. The summed E-state index contributed by atoms with van der Waals surface area (Å²) >= 11 is 0. The van der Waals surface area contributed by atoms with Crippen molar-refractivity contribution in [1.29, 1.82) is 0 Å². The zero-order chi connectivity index (χ0) is 15.8. The molecule has 1 rings (SSSR count). The van der Waals surface area contributed by atoms with Crippen molar-refractivity contribution in [2.45, 2.75) is 24.9 Å². The van der Waals surface area contributed by atoms with Crippen LogP contribution in [-0.2, 0) is 4.79 Å². The zero-order valence-electron chi connectivity index (χ0n) is 9.73. The van der Waals surface area contributed by atoms with Gasteiger partial charge in [-0.25, -0.2) is 4.98 Å². The monoisotopic (exact) mass is 304 g/mol. The average Bonchev–Trinajstić information content (AvgIpc) is 2.30. The van der Waals surface area contributed by atoms with Crippen molar-refractivity contribution in [3.63, 3.8) is 0 Å². The molecule has 1 N–H and O–H groups in total. The van der Waals surface area contributed by atoms with E-state index in [1.165, 1.54) is 24.4 Å². The predicted molar refractivity (Wildman–Crippen MR) is 53.6 cm³/mol. The van der Waals surface area contributed by atoms with Crippen molar-refractivity contribution in [3.8, 4) is 0 Å². The second-order valence-corrected chi connectivity index (χ2v) is 3.77. The lowest BCUT2D eigenvalue weighted by molar-refractivity contribution is -0.343. The Labute approximate surface area is 107 Å². The smallest absolute Gasteiger partial charge is 0.305 e. The molecule has 10 heteroatoms. The summed E-state index contributed by atoms with van der Waals surface area (Å²) in [6.45, 7) is 1.29. The highest BCUT2D eigenvalue weighted by molar-refractivity contribution is 5.96. The number of pyridine rings is 1. The molecule has 1 aromatic rings. The van der Waals surface area contributed by atoms with Crippen LogP contribution in [0.5, 0.6) is 0 Å². The van der Waals surface area contributed by atoms with Gasteiger partial charge in [0.1, 0.15) is 5.82 Å². The first-order valence-corrected chi connectivity index (χ1v) is 4.96. The van der Waals surface area contributed by atoms with E-state index in [9.17, 15) is 35.5 Å². The summed E-state index contributed by atoms with van der Waals surface area (Å²) in [4.78, 5) is 14.4. The van der Waals surface area contributed by atoms with Crippen molar-refractivity contribution in [1.82, 2.24) is 4.98 Å². The van der Waals surface area contributed by atoms with Crippen LogP contribution in [0.25, 0.3) is 0 Å². The largest absolute Gasteiger partial charge is 0.460 e. The number of halogens is 7. The van der Waals surface area contributed by atoms with E-state index >= 15 is 0 Å². The van der Waals surface area contributed by atoms with Crippen molar-refractivity contribution in [2.75, 3.05) is 5.32 Å². The highest BCUT2D eigenvalue weighted by Gasteiger charge is 2.76. The van der Waals surface area contributed by atoms with E-state index in [1.54, 1.807) is 0 Å². The van der Waals surface area contributed by atoms with Gasteiger partial charge in [-0.2, -0.15) is 30.7 Å². The van der Waals surface area contributed by atoms with Crippen LogP contribution in [0.2, 0.25) is 0 Å². The molecule has 0 spiro atoms. The van der Waals surface area contributed by atoms with Gasteiger partial charge in [0, 0.05) is 6.20 Å². The number of anilines is 1. The molecule has 0 aliphatic carbocycles. The van der Waals surface area contributed by atoms with Crippen molar-refractivity contribution in [3.05, 3.63) is 23.9 Å². The summed E-state index contributed by atoms with van der Waals surface area (Å²) < 4.78 is 86.9. The van der Waals surface area contributed by atoms with Crippen molar-refractivity contribution < 1.29 is 35.5 Å². The Balaban J connectivity index is 3.05. The Morgan fingerprint density at radius 3 is 2.15 bits per heavy atom. The third-order valence-electron chi connectivity index (χ3n) is 2.28. The standard InChI is InChI=1S/C10H7F7N2O/c1-5-3-2-4-18-6(5)19-7(20)8(11,12)9(13,14)10(15,16)17/h2-4H,1H3,(H,18,19,20). The second kappa shape index (κ2) is 4.91. The minimum atomic E-state index is -6.56. The predicted octanol–water partition coefficient (Wildman–Crippen LogP) is 3.16. The molecule has 0 atom stereocenters. The number of hydrogen-bond donors (Lipinski definition) is 1. The molecule has 0 saturated heterocycles. The Kier molecular flexibility index (Phi) is 3.97. The normalized spacial score (nSPS) is 13.2. The van der Waals surface area contributed by atoms with Crippen molar-refractivity contribution >= 4 is 11.7 Å². The van der Waals surface area contributed by atoms with E-state index in [0.717, 1.165) is 6.20 Å². The third kappa shape index (κ3) is 2.68. The molecule has 0 aliphatic heterocycles. The Morgan fingerprint density at radius 2 is 1.70 bits per heavy atom. The first-order chi connectivity index (χ1) is 8.91. The summed E-state index contributed by atoms with van der Waals surface area (Å²) in [5.74, 6) is -15.8. The summed E-state index contributed by atoms with van der Waals surface area (Å²) in [6.07, 6.45) is -5.52. The van der Waals surface area contributed by atoms with Gasteiger partial charge in [0.25, 0.3) is 0 Å². The summed E-state index contributed by atoms with van der Waals surface area (Å²) in [6, 6.07) is 2.65. The maximum Gasteiger partial charge on any atom is 0.460 e. The van der Waals surface area contributed by atoms with Gasteiger partial charge < -0.3 is 5.32 Å². The maximum absolute atomic E-state index is 13.0. The number of carbonyl (C=O) groups is 1. The van der Waals surface area contributed by atoms with E-state index in [4.69, 9.17) is 0 Å². The van der Waals surface area contributed by atoms with Gasteiger partial charge in [0.15, 0.2) is 0 Å². The number of nitrogens with zero attached hydrogens (tertiary/aromatic N) is 1. The number of amides is 1. The molecule has 0 radical (unpaired) electrons. The van der Waals surface area contributed by atoms with Gasteiger partial charge in [-0.05, 0) is 18.6 Å². The number of nitrogens with one attached hydrogen (secondary N) is 1. The molecular formula is C10H7F7N2O. The van der Waals surface area contributed by atoms with Gasteiger partial charge in [0.05, 0.1) is 0 Å². The molecule has 1 heterocycles. The van der Waals surface area contributed by atoms with Gasteiger partial charge in [-0.1, -0.05) is 6.07 Å². The molecule has 0 unspecified atom stereocenters. The van der Waals surface area contributed by atoms with E-state index in [0.29, 0.717) is 0 Å². The van der Waals surface area contributed by atoms with E-state index in [2.05, 4.69) is 4.98 Å². The molecule has 1 aromatic heterocycles. The summed E-state index contributed by atoms with van der Waals surface area (Å²) in [7, 11) is 0. The first kappa shape index (κ1) is 16.2. The zero-order valence-corrected chi connectivity index (χ0v) is 9.73. The molecule has 0 saturated carbocycles. The van der Waals surface area contributed by atoms with Gasteiger partial charge in [0.2, 0.25) is 0 Å². The number of hydrogen-bond acceptors (Lipinski definition) is 2. The van der Waals surface area contributed by atoms with Crippen LogP contribution in [0.15, 0.2) is 18.3 Å². The minimum Gasteiger partial charge on any atom is -0.305 e. The van der Waals surface area contributed by atoms with Crippen LogP contribution in [0.3, 0.4) is 0 Å². The first-order valence-electron chi connectivity index (χ1n) is 4.96. The van der Waals surface area contributed by atoms with Crippen LogP contribution in [-0.4, -0.2) is 28.9 Å². The summed E-state index contributed by atoms with van der Waals surface area (Å²) in [5, 5.41) is 1.25. The molecule has 0 aromatic carbocycles. The van der Waals surface area contributed by atoms with Crippen LogP contribution >= 0.6 is 0 Å². The van der Waals surface area contributed by atoms with Crippen LogP contribution in [0, 0.1) is 6.92 Å². The molecule has 112 valence electrons. The highest BCUT2D eigenvalue weighted by Crippen LogP contribution is 2.46. The lowest BCUT2D eigenvalue weighted by Crippen LogP contribution is -2.57. The summed E-state index contributed by atoms with van der Waals surface area (Å²) in [5.41, 5.74) is 0.118. The van der Waals surface area contributed by atoms with E-state index < -0.39 is 29.7 Å². The third-order valence-corrected chi connectivity index (χ3v) is 2.28. The number of carbonyl (C=O) groups excluding carboxylic acids is 1. The molecule has 0 fully saturated rings. The average molecular weight is 304 g/mol. The van der Waals surface area contributed by atoms with Gasteiger partial charge >= 0.3 is 23.9 Å².